The second kappa shape index (κ2) is 15.0. The molecule has 0 aromatic heterocycles. The summed E-state index contributed by atoms with van der Waals surface area (Å²) in [5, 5.41) is 17.1. The molecule has 8 nitrogen and oxygen atoms in total. The summed E-state index contributed by atoms with van der Waals surface area (Å²) in [6, 6.07) is 32.0. The van der Waals surface area contributed by atoms with Gasteiger partial charge in [0, 0.05) is 13.8 Å². The summed E-state index contributed by atoms with van der Waals surface area (Å²) in [4.78, 5) is 41.8. The van der Waals surface area contributed by atoms with E-state index in [9.17, 15) is 19.2 Å². The van der Waals surface area contributed by atoms with E-state index in [1.807, 2.05) is 12.1 Å². The summed E-state index contributed by atoms with van der Waals surface area (Å²) < 4.78 is 9.43. The van der Waals surface area contributed by atoms with E-state index >= 15 is 0 Å². The normalized spacial score (nSPS) is 9.42. The molecule has 4 rings (SSSR count). The van der Waals surface area contributed by atoms with Crippen molar-refractivity contribution in [3.63, 3.8) is 0 Å². The Morgan fingerprint density at radius 2 is 0.763 bits per heavy atom. The maximum Gasteiger partial charge on any atom is 0.335 e. The van der Waals surface area contributed by atoms with Crippen LogP contribution in [0.1, 0.15) is 34.6 Å². The van der Waals surface area contributed by atoms with Gasteiger partial charge in [-0.3, -0.25) is 9.59 Å². The van der Waals surface area contributed by atoms with Crippen molar-refractivity contribution in [1.82, 2.24) is 0 Å². The zero-order valence-corrected chi connectivity index (χ0v) is 20.7. The van der Waals surface area contributed by atoms with Crippen molar-refractivity contribution in [2.24, 2.45) is 0 Å². The zero-order valence-electron chi connectivity index (χ0n) is 20.7. The minimum atomic E-state index is -1.01. The number of hydrogen-bond donors (Lipinski definition) is 2. The van der Waals surface area contributed by atoms with Gasteiger partial charge < -0.3 is 19.7 Å². The van der Waals surface area contributed by atoms with Crippen molar-refractivity contribution < 1.29 is 38.9 Å². The first kappa shape index (κ1) is 29.0. The van der Waals surface area contributed by atoms with Crippen molar-refractivity contribution in [3.05, 3.63) is 120 Å². The van der Waals surface area contributed by atoms with Crippen LogP contribution >= 0.6 is 0 Å². The fraction of sp³-hybridized carbons (Fsp3) is 0.0667. The van der Waals surface area contributed by atoms with Gasteiger partial charge in [0.15, 0.2) is 0 Å². The molecule has 2 N–H and O–H groups in total. The van der Waals surface area contributed by atoms with Gasteiger partial charge in [-0.15, -0.1) is 0 Å². The first-order valence-electron chi connectivity index (χ1n) is 11.3. The summed E-state index contributed by atoms with van der Waals surface area (Å²) in [5.74, 6) is -2.18. The van der Waals surface area contributed by atoms with Crippen LogP contribution in [0.3, 0.4) is 0 Å². The fourth-order valence-corrected chi connectivity index (χ4v) is 2.92. The first-order valence-corrected chi connectivity index (χ1v) is 11.3. The third kappa shape index (κ3) is 10.6. The quantitative estimate of drug-likeness (QED) is 0.246. The Kier molecular flexibility index (Phi) is 11.4. The van der Waals surface area contributed by atoms with Gasteiger partial charge >= 0.3 is 23.9 Å². The molecular formula is C30H26O8. The molecule has 0 unspecified atom stereocenters. The predicted octanol–water partition coefficient (Wildman–Crippen LogP) is 5.97. The van der Waals surface area contributed by atoms with Crippen molar-refractivity contribution in [2.75, 3.05) is 0 Å². The number of esters is 2. The summed E-state index contributed by atoms with van der Waals surface area (Å²) >= 11 is 0. The number of benzene rings is 4. The van der Waals surface area contributed by atoms with Crippen LogP contribution in [0.4, 0.5) is 0 Å². The van der Waals surface area contributed by atoms with Crippen molar-refractivity contribution in [1.29, 1.82) is 0 Å². The molecule has 0 saturated heterocycles. The van der Waals surface area contributed by atoms with Crippen LogP contribution in [0.25, 0.3) is 11.1 Å². The SMILES string of the molecule is CC(=O)Oc1ccc(C(=O)O)cc1.CC(=O)Oc1ccc(C(=O)O)cc1.c1ccc(-c2ccccc2)cc1. The van der Waals surface area contributed by atoms with E-state index in [2.05, 4.69) is 48.5 Å². The van der Waals surface area contributed by atoms with Crippen molar-refractivity contribution in [2.45, 2.75) is 13.8 Å². The lowest BCUT2D eigenvalue weighted by Gasteiger charge is -2.00. The molecule has 0 heterocycles. The number of hydrogen-bond acceptors (Lipinski definition) is 6. The average Bonchev–Trinajstić information content (AvgIpc) is 2.90. The van der Waals surface area contributed by atoms with E-state index in [1.165, 1.54) is 73.5 Å². The lowest BCUT2D eigenvalue weighted by atomic mass is 10.1. The minimum absolute atomic E-state index is 0.163. The lowest BCUT2D eigenvalue weighted by Crippen LogP contribution is -2.02. The van der Waals surface area contributed by atoms with Gasteiger partial charge in [-0.25, -0.2) is 9.59 Å². The second-order valence-corrected chi connectivity index (χ2v) is 7.58. The van der Waals surface area contributed by atoms with Crippen LogP contribution in [0.5, 0.6) is 11.5 Å². The monoisotopic (exact) mass is 514 g/mol. The molecule has 8 heteroatoms. The van der Waals surface area contributed by atoms with E-state index in [-0.39, 0.29) is 11.1 Å². The predicted molar refractivity (Wildman–Crippen MR) is 141 cm³/mol. The molecular weight excluding hydrogens is 488 g/mol. The van der Waals surface area contributed by atoms with Crippen LogP contribution in [0.2, 0.25) is 0 Å². The molecule has 0 aliphatic rings. The molecule has 0 amide bonds. The molecule has 0 atom stereocenters. The number of carboxylic acid groups (broad SMARTS) is 2. The van der Waals surface area contributed by atoms with Crippen molar-refractivity contribution >= 4 is 23.9 Å². The average molecular weight is 515 g/mol. The summed E-state index contributed by atoms with van der Waals surface area (Å²) in [6.45, 7) is 2.57. The minimum Gasteiger partial charge on any atom is -0.478 e. The van der Waals surface area contributed by atoms with Gasteiger partial charge in [0.1, 0.15) is 11.5 Å². The van der Waals surface area contributed by atoms with Gasteiger partial charge in [-0.2, -0.15) is 0 Å². The molecule has 4 aromatic carbocycles. The Morgan fingerprint density at radius 3 is 1.00 bits per heavy atom. The maximum atomic E-state index is 10.5. The largest absolute Gasteiger partial charge is 0.478 e. The van der Waals surface area contributed by atoms with Crippen LogP contribution < -0.4 is 9.47 Å². The highest BCUT2D eigenvalue weighted by Crippen LogP contribution is 2.17. The summed E-state index contributed by atoms with van der Waals surface area (Å²) in [7, 11) is 0. The highest BCUT2D eigenvalue weighted by Gasteiger charge is 2.04. The first-order chi connectivity index (χ1) is 18.2. The van der Waals surface area contributed by atoms with Gasteiger partial charge in [0.25, 0.3) is 0 Å². The third-order valence-electron chi connectivity index (χ3n) is 4.61. The number of rotatable bonds is 5. The van der Waals surface area contributed by atoms with Gasteiger partial charge in [-0.05, 0) is 59.7 Å². The molecule has 0 aliphatic heterocycles. The fourth-order valence-electron chi connectivity index (χ4n) is 2.92. The number of aromatic carboxylic acids is 2. The molecule has 0 saturated carbocycles. The number of carboxylic acids is 2. The smallest absolute Gasteiger partial charge is 0.335 e. The van der Waals surface area contributed by atoms with E-state index in [0.717, 1.165) is 0 Å². The Hall–Kier alpha value is -5.24. The van der Waals surface area contributed by atoms with Crippen LogP contribution in [-0.2, 0) is 9.59 Å². The van der Waals surface area contributed by atoms with Gasteiger partial charge in [-0.1, -0.05) is 60.7 Å². The van der Waals surface area contributed by atoms with E-state index in [1.54, 1.807) is 0 Å². The standard InChI is InChI=1S/C12H10.2C9H8O4/c1-3-7-11(8-4-1)12-9-5-2-6-10-12;2*1-6(10)13-8-4-2-7(3-5-8)9(11)12/h1-10H;2*2-5H,1H3,(H,11,12). The topological polar surface area (TPSA) is 127 Å². The molecule has 0 fully saturated rings. The highest BCUT2D eigenvalue weighted by atomic mass is 16.5. The number of carbonyl (C=O) groups is 4. The Labute approximate surface area is 219 Å². The van der Waals surface area contributed by atoms with Gasteiger partial charge in [0.05, 0.1) is 11.1 Å². The second-order valence-electron chi connectivity index (χ2n) is 7.58. The van der Waals surface area contributed by atoms with Gasteiger partial charge in [0.2, 0.25) is 0 Å². The molecule has 194 valence electrons. The van der Waals surface area contributed by atoms with Crippen LogP contribution in [0.15, 0.2) is 109 Å². The number of ether oxygens (including phenoxy) is 2. The molecule has 0 radical (unpaired) electrons. The van der Waals surface area contributed by atoms with E-state index in [4.69, 9.17) is 19.7 Å². The zero-order chi connectivity index (χ0) is 27.9. The molecule has 0 bridgehead atoms. The van der Waals surface area contributed by atoms with E-state index < -0.39 is 23.9 Å². The summed E-state index contributed by atoms with van der Waals surface area (Å²) in [6.07, 6.45) is 0. The Balaban J connectivity index is 0.000000200. The van der Waals surface area contributed by atoms with E-state index in [0.29, 0.717) is 11.5 Å². The summed E-state index contributed by atoms with van der Waals surface area (Å²) in [5.41, 5.74) is 2.88. The van der Waals surface area contributed by atoms with Crippen LogP contribution in [0, 0.1) is 0 Å². The maximum absolute atomic E-state index is 10.5. The Morgan fingerprint density at radius 1 is 0.474 bits per heavy atom. The molecule has 4 aromatic rings. The van der Waals surface area contributed by atoms with Crippen molar-refractivity contribution in [3.8, 4) is 22.6 Å². The third-order valence-corrected chi connectivity index (χ3v) is 4.61. The highest BCUT2D eigenvalue weighted by molar-refractivity contribution is 5.88. The molecule has 38 heavy (non-hydrogen) atoms. The Bertz CT molecular complexity index is 1220. The molecule has 0 aliphatic carbocycles. The van der Waals surface area contributed by atoms with Crippen LogP contribution in [-0.4, -0.2) is 34.1 Å². The molecule has 0 spiro atoms. The number of carbonyl (C=O) groups excluding carboxylic acids is 2. The lowest BCUT2D eigenvalue weighted by molar-refractivity contribution is -0.132.